The van der Waals surface area contributed by atoms with Gasteiger partial charge in [-0.25, -0.2) is 0 Å². The predicted molar refractivity (Wildman–Crippen MR) is 103 cm³/mol. The molecule has 1 amide bonds. The lowest BCUT2D eigenvalue weighted by Gasteiger charge is -2.30. The van der Waals surface area contributed by atoms with Crippen molar-refractivity contribution in [2.24, 2.45) is 5.92 Å². The molecule has 1 aromatic carbocycles. The number of aromatic nitrogens is 1. The van der Waals surface area contributed by atoms with Crippen LogP contribution in [-0.2, 0) is 9.53 Å². The fraction of sp³-hybridized carbons (Fsp3) is 0.600. The van der Waals surface area contributed by atoms with E-state index >= 15 is 0 Å². The lowest BCUT2D eigenvalue weighted by molar-refractivity contribution is -0.908. The summed E-state index contributed by atoms with van der Waals surface area (Å²) in [7, 11) is 0. The van der Waals surface area contributed by atoms with Crippen molar-refractivity contribution in [1.82, 2.24) is 10.3 Å². The number of piperidine rings is 1. The van der Waals surface area contributed by atoms with Gasteiger partial charge in [0.2, 0.25) is 5.91 Å². The Kier molecular flexibility index (Phi) is 5.89. The van der Waals surface area contributed by atoms with E-state index in [1.165, 1.54) is 0 Å². The van der Waals surface area contributed by atoms with Gasteiger partial charge in [0.05, 0.1) is 25.7 Å². The number of fused-ring (bicyclic) bond motifs is 1. The van der Waals surface area contributed by atoms with Crippen LogP contribution in [0.25, 0.3) is 11.1 Å². The second-order valence-corrected chi connectivity index (χ2v) is 7.51. The van der Waals surface area contributed by atoms with Crippen molar-refractivity contribution in [1.29, 1.82) is 0 Å². The number of para-hydroxylation sites is 2. The SMILES string of the molecule is O=C(NCCC[NH+]1CCOCC1)C1CCCN(c2nc3ccccc3o2)C1. The molecule has 1 atom stereocenters. The Balaban J connectivity index is 1.25. The molecule has 0 radical (unpaired) electrons. The number of quaternary nitrogens is 1. The number of nitrogens with zero attached hydrogens (tertiary/aromatic N) is 2. The smallest absolute Gasteiger partial charge is 0.298 e. The molecule has 0 bridgehead atoms. The van der Waals surface area contributed by atoms with Gasteiger partial charge in [-0.3, -0.25) is 4.79 Å². The molecule has 2 N–H and O–H groups in total. The third-order valence-corrected chi connectivity index (χ3v) is 5.55. The fourth-order valence-electron chi connectivity index (χ4n) is 3.96. The minimum Gasteiger partial charge on any atom is -0.423 e. The van der Waals surface area contributed by atoms with Crippen molar-refractivity contribution < 1.29 is 18.8 Å². The van der Waals surface area contributed by atoms with Gasteiger partial charge in [0.15, 0.2) is 5.58 Å². The van der Waals surface area contributed by atoms with Crippen molar-refractivity contribution >= 4 is 23.0 Å². The number of benzene rings is 1. The van der Waals surface area contributed by atoms with Crippen molar-refractivity contribution in [2.45, 2.75) is 19.3 Å². The molecular weight excluding hydrogens is 344 g/mol. The third kappa shape index (κ3) is 4.59. The second kappa shape index (κ2) is 8.71. The number of carbonyl (C=O) groups is 1. The lowest BCUT2D eigenvalue weighted by Crippen LogP contribution is -3.14. The number of morpholine rings is 1. The van der Waals surface area contributed by atoms with Gasteiger partial charge in [0.25, 0.3) is 6.01 Å². The van der Waals surface area contributed by atoms with Crippen LogP contribution in [0.15, 0.2) is 28.7 Å². The zero-order valence-corrected chi connectivity index (χ0v) is 15.8. The minimum atomic E-state index is 0.00416. The van der Waals surface area contributed by atoms with Gasteiger partial charge >= 0.3 is 0 Å². The van der Waals surface area contributed by atoms with Crippen LogP contribution in [0.1, 0.15) is 19.3 Å². The molecule has 2 aliphatic rings. The van der Waals surface area contributed by atoms with Crippen molar-refractivity contribution in [3.63, 3.8) is 0 Å². The number of oxazole rings is 1. The first-order valence-corrected chi connectivity index (χ1v) is 10.1. The van der Waals surface area contributed by atoms with Gasteiger partial charge < -0.3 is 24.3 Å². The maximum absolute atomic E-state index is 12.6. The molecule has 1 unspecified atom stereocenters. The molecule has 0 aliphatic carbocycles. The molecule has 7 nitrogen and oxygen atoms in total. The molecule has 2 aromatic rings. The van der Waals surface area contributed by atoms with Crippen LogP contribution in [-0.4, -0.2) is 63.4 Å². The Morgan fingerprint density at radius 1 is 1.30 bits per heavy atom. The summed E-state index contributed by atoms with van der Waals surface area (Å²) in [5.74, 6) is 0.164. The quantitative estimate of drug-likeness (QED) is 0.720. The largest absolute Gasteiger partial charge is 0.423 e. The van der Waals surface area contributed by atoms with E-state index in [-0.39, 0.29) is 11.8 Å². The van der Waals surface area contributed by atoms with E-state index in [0.29, 0.717) is 12.6 Å². The number of anilines is 1. The van der Waals surface area contributed by atoms with Gasteiger partial charge in [0.1, 0.15) is 18.6 Å². The molecule has 0 spiro atoms. The summed E-state index contributed by atoms with van der Waals surface area (Å²) in [6.45, 7) is 7.28. The highest BCUT2D eigenvalue weighted by molar-refractivity contribution is 5.79. The molecule has 0 saturated carbocycles. The third-order valence-electron chi connectivity index (χ3n) is 5.55. The highest BCUT2D eigenvalue weighted by Gasteiger charge is 2.28. The number of hydrogen-bond acceptors (Lipinski definition) is 5. The van der Waals surface area contributed by atoms with Crippen LogP contribution >= 0.6 is 0 Å². The highest BCUT2D eigenvalue weighted by atomic mass is 16.5. The molecule has 3 heterocycles. The minimum absolute atomic E-state index is 0.00416. The van der Waals surface area contributed by atoms with Crippen LogP contribution in [0.2, 0.25) is 0 Å². The Morgan fingerprint density at radius 2 is 2.15 bits per heavy atom. The molecule has 2 fully saturated rings. The second-order valence-electron chi connectivity index (χ2n) is 7.51. The summed E-state index contributed by atoms with van der Waals surface area (Å²) in [6.07, 6.45) is 2.93. The summed E-state index contributed by atoms with van der Waals surface area (Å²) >= 11 is 0. The number of amides is 1. The van der Waals surface area contributed by atoms with Crippen LogP contribution < -0.4 is 15.1 Å². The first-order valence-electron chi connectivity index (χ1n) is 10.1. The summed E-state index contributed by atoms with van der Waals surface area (Å²) in [4.78, 5) is 20.8. The van der Waals surface area contributed by atoms with E-state index in [4.69, 9.17) is 9.15 Å². The van der Waals surface area contributed by atoms with E-state index in [2.05, 4.69) is 15.2 Å². The van der Waals surface area contributed by atoms with Crippen LogP contribution in [0.4, 0.5) is 6.01 Å². The van der Waals surface area contributed by atoms with E-state index < -0.39 is 0 Å². The van der Waals surface area contributed by atoms with Crippen LogP contribution in [0.3, 0.4) is 0 Å². The standard InChI is InChI=1S/C20H28N4O3/c25-19(21-8-4-9-23-11-13-26-14-12-23)16-5-3-10-24(15-16)20-22-17-6-1-2-7-18(17)27-20/h1-2,6-7,16H,3-5,8-15H2,(H,21,25)/p+1. The number of hydrogen-bond donors (Lipinski definition) is 2. The number of nitrogens with one attached hydrogen (secondary N) is 2. The van der Waals surface area contributed by atoms with Gasteiger partial charge in [-0.2, -0.15) is 4.98 Å². The average Bonchev–Trinajstić information content (AvgIpc) is 3.16. The summed E-state index contributed by atoms with van der Waals surface area (Å²) in [5, 5.41) is 3.13. The molecule has 2 saturated heterocycles. The zero-order chi connectivity index (χ0) is 18.5. The first-order chi connectivity index (χ1) is 13.3. The molecule has 2 aliphatic heterocycles. The summed E-state index contributed by atoms with van der Waals surface area (Å²) < 4.78 is 11.3. The van der Waals surface area contributed by atoms with E-state index in [9.17, 15) is 4.79 Å². The van der Waals surface area contributed by atoms with Gasteiger partial charge in [0, 0.05) is 26.1 Å². The van der Waals surface area contributed by atoms with Gasteiger partial charge in [-0.15, -0.1) is 0 Å². The Hall–Kier alpha value is -2.12. The molecular formula is C20H29N4O3+. The Labute approximate surface area is 159 Å². The summed E-state index contributed by atoms with van der Waals surface area (Å²) in [6, 6.07) is 8.41. The highest BCUT2D eigenvalue weighted by Crippen LogP contribution is 2.26. The van der Waals surface area contributed by atoms with Crippen LogP contribution in [0, 0.1) is 5.92 Å². The van der Waals surface area contributed by atoms with Gasteiger partial charge in [-0.1, -0.05) is 12.1 Å². The molecule has 7 heteroatoms. The van der Waals surface area contributed by atoms with Crippen molar-refractivity contribution in [3.8, 4) is 0 Å². The predicted octanol–water partition coefficient (Wildman–Crippen LogP) is 0.466. The topological polar surface area (TPSA) is 72.0 Å². The molecule has 1 aromatic heterocycles. The first kappa shape index (κ1) is 18.3. The maximum Gasteiger partial charge on any atom is 0.298 e. The number of ether oxygens (including phenoxy) is 1. The fourth-order valence-corrected chi connectivity index (χ4v) is 3.96. The molecule has 4 rings (SSSR count). The zero-order valence-electron chi connectivity index (χ0n) is 15.8. The average molecular weight is 373 g/mol. The Bertz CT molecular complexity index is 724. The van der Waals surface area contributed by atoms with Gasteiger partial charge in [-0.05, 0) is 25.0 Å². The Morgan fingerprint density at radius 3 is 3.00 bits per heavy atom. The van der Waals surface area contributed by atoms with Crippen molar-refractivity contribution in [3.05, 3.63) is 24.3 Å². The normalized spacial score (nSPS) is 21.5. The van der Waals surface area contributed by atoms with Crippen LogP contribution in [0.5, 0.6) is 0 Å². The monoisotopic (exact) mass is 373 g/mol. The molecule has 146 valence electrons. The van der Waals surface area contributed by atoms with E-state index in [0.717, 1.165) is 76.3 Å². The van der Waals surface area contributed by atoms with E-state index in [1.54, 1.807) is 4.90 Å². The lowest BCUT2D eigenvalue weighted by atomic mass is 9.97. The summed E-state index contributed by atoms with van der Waals surface area (Å²) in [5.41, 5.74) is 1.66. The number of carbonyl (C=O) groups excluding carboxylic acids is 1. The van der Waals surface area contributed by atoms with Crippen molar-refractivity contribution in [2.75, 3.05) is 57.4 Å². The maximum atomic E-state index is 12.6. The number of rotatable bonds is 6. The van der Waals surface area contributed by atoms with E-state index in [1.807, 2.05) is 24.3 Å². The molecule has 27 heavy (non-hydrogen) atoms.